The highest BCUT2D eigenvalue weighted by molar-refractivity contribution is 5.58. The molecule has 0 spiro atoms. The minimum absolute atomic E-state index is 0.0109. The molecule has 110 valence electrons. The second kappa shape index (κ2) is 7.09. The topological polar surface area (TPSA) is 76.4 Å². The number of hydrogen-bond donors (Lipinski definition) is 2. The summed E-state index contributed by atoms with van der Waals surface area (Å²) in [6.07, 6.45) is 2.42. The molecule has 2 N–H and O–H groups in total. The maximum absolute atomic E-state index is 10.9. The molecule has 0 aromatic heterocycles. The molecular formula is C14H21N3O3. The first-order valence-corrected chi connectivity index (χ1v) is 7.06. The van der Waals surface area contributed by atoms with Crippen molar-refractivity contribution < 1.29 is 9.66 Å². The van der Waals surface area contributed by atoms with E-state index in [0.717, 1.165) is 25.3 Å². The Morgan fingerprint density at radius 2 is 2.40 bits per heavy atom. The highest BCUT2D eigenvalue weighted by Crippen LogP contribution is 2.30. The molecule has 20 heavy (non-hydrogen) atoms. The lowest BCUT2D eigenvalue weighted by Gasteiger charge is -2.23. The third-order valence-corrected chi connectivity index (χ3v) is 3.45. The smallest absolute Gasteiger partial charge is 0.311 e. The van der Waals surface area contributed by atoms with Gasteiger partial charge in [0, 0.05) is 24.4 Å². The molecule has 6 heteroatoms. The Balaban J connectivity index is 2.00. The van der Waals surface area contributed by atoms with Crippen molar-refractivity contribution in [2.75, 3.05) is 31.6 Å². The first-order valence-electron chi connectivity index (χ1n) is 7.06. The summed E-state index contributed by atoms with van der Waals surface area (Å²) in [7, 11) is 0. The Morgan fingerprint density at radius 1 is 1.55 bits per heavy atom. The summed E-state index contributed by atoms with van der Waals surface area (Å²) in [6, 6.07) is 4.93. The van der Waals surface area contributed by atoms with Crippen molar-refractivity contribution in [1.29, 1.82) is 0 Å². The Hall–Kier alpha value is -1.82. The fourth-order valence-electron chi connectivity index (χ4n) is 2.41. The van der Waals surface area contributed by atoms with Gasteiger partial charge in [-0.15, -0.1) is 0 Å². The molecule has 0 saturated carbocycles. The molecule has 6 nitrogen and oxygen atoms in total. The zero-order valence-electron chi connectivity index (χ0n) is 11.7. The fourth-order valence-corrected chi connectivity index (χ4v) is 2.41. The van der Waals surface area contributed by atoms with E-state index < -0.39 is 4.92 Å². The van der Waals surface area contributed by atoms with Gasteiger partial charge in [0.25, 0.3) is 0 Å². The van der Waals surface area contributed by atoms with Crippen LogP contribution in [-0.2, 0) is 0 Å². The summed E-state index contributed by atoms with van der Waals surface area (Å²) < 4.78 is 5.34. The van der Waals surface area contributed by atoms with Crippen LogP contribution in [0.25, 0.3) is 0 Å². The summed E-state index contributed by atoms with van der Waals surface area (Å²) >= 11 is 0. The standard InChI is InChI=1S/C14H21N3O3/c1-2-20-14-8-12(5-6-13(14)17(18)19)16-10-11-4-3-7-15-9-11/h5-6,8,11,15-16H,2-4,7,9-10H2,1H3. The number of anilines is 1. The van der Waals surface area contributed by atoms with Crippen LogP contribution in [0.2, 0.25) is 0 Å². The van der Waals surface area contributed by atoms with Crippen LogP contribution in [0.1, 0.15) is 19.8 Å². The first-order chi connectivity index (χ1) is 9.70. The normalized spacial score (nSPS) is 18.6. The fraction of sp³-hybridized carbons (Fsp3) is 0.571. The molecule has 1 aromatic carbocycles. The van der Waals surface area contributed by atoms with Gasteiger partial charge < -0.3 is 15.4 Å². The van der Waals surface area contributed by atoms with Crippen LogP contribution >= 0.6 is 0 Å². The molecule has 2 rings (SSSR count). The summed E-state index contributed by atoms with van der Waals surface area (Å²) in [5.74, 6) is 0.929. The number of rotatable bonds is 6. The molecule has 1 aliphatic heterocycles. The lowest BCUT2D eigenvalue weighted by Crippen LogP contribution is -2.33. The van der Waals surface area contributed by atoms with E-state index in [1.54, 1.807) is 12.1 Å². The number of hydrogen-bond acceptors (Lipinski definition) is 5. The van der Waals surface area contributed by atoms with Crippen molar-refractivity contribution >= 4 is 11.4 Å². The van der Waals surface area contributed by atoms with Crippen molar-refractivity contribution in [3.8, 4) is 5.75 Å². The van der Waals surface area contributed by atoms with Crippen LogP contribution in [0.15, 0.2) is 18.2 Å². The molecule has 1 unspecified atom stereocenters. The van der Waals surface area contributed by atoms with Gasteiger partial charge in [-0.2, -0.15) is 0 Å². The van der Waals surface area contributed by atoms with Crippen molar-refractivity contribution in [2.24, 2.45) is 5.92 Å². The monoisotopic (exact) mass is 279 g/mol. The minimum atomic E-state index is -0.417. The van der Waals surface area contributed by atoms with Crippen molar-refractivity contribution in [1.82, 2.24) is 5.32 Å². The maximum atomic E-state index is 10.9. The van der Waals surface area contributed by atoms with Crippen LogP contribution in [0.3, 0.4) is 0 Å². The lowest BCUT2D eigenvalue weighted by molar-refractivity contribution is -0.385. The number of benzene rings is 1. The van der Waals surface area contributed by atoms with E-state index in [2.05, 4.69) is 10.6 Å². The third-order valence-electron chi connectivity index (χ3n) is 3.45. The van der Waals surface area contributed by atoms with E-state index in [-0.39, 0.29) is 5.69 Å². The van der Waals surface area contributed by atoms with E-state index in [9.17, 15) is 10.1 Å². The first kappa shape index (κ1) is 14.6. The number of nitrogens with one attached hydrogen (secondary N) is 2. The minimum Gasteiger partial charge on any atom is -0.487 e. The molecular weight excluding hydrogens is 258 g/mol. The molecule has 0 amide bonds. The van der Waals surface area contributed by atoms with E-state index in [1.807, 2.05) is 6.92 Å². The molecule has 0 bridgehead atoms. The zero-order chi connectivity index (χ0) is 14.4. The summed E-state index contributed by atoms with van der Waals surface area (Å²) in [5, 5.41) is 17.6. The number of piperidine rings is 1. The van der Waals surface area contributed by atoms with Gasteiger partial charge in [0.05, 0.1) is 11.5 Å². The molecule has 1 saturated heterocycles. The predicted molar refractivity (Wildman–Crippen MR) is 78.3 cm³/mol. The van der Waals surface area contributed by atoms with Gasteiger partial charge in [-0.05, 0) is 44.8 Å². The number of nitro groups is 1. The van der Waals surface area contributed by atoms with Crippen molar-refractivity contribution in [3.63, 3.8) is 0 Å². The van der Waals surface area contributed by atoms with Gasteiger partial charge in [-0.25, -0.2) is 0 Å². The molecule has 1 fully saturated rings. The van der Waals surface area contributed by atoms with E-state index >= 15 is 0 Å². The van der Waals surface area contributed by atoms with Gasteiger partial charge in [0.15, 0.2) is 5.75 Å². The molecule has 1 heterocycles. The Morgan fingerprint density at radius 3 is 3.05 bits per heavy atom. The van der Waals surface area contributed by atoms with Gasteiger partial charge in [0.2, 0.25) is 0 Å². The van der Waals surface area contributed by atoms with Crippen molar-refractivity contribution in [2.45, 2.75) is 19.8 Å². The Bertz CT molecular complexity index is 459. The van der Waals surface area contributed by atoms with E-state index in [4.69, 9.17) is 4.74 Å². The summed E-state index contributed by atoms with van der Waals surface area (Å²) in [4.78, 5) is 10.5. The number of nitro benzene ring substituents is 1. The van der Waals surface area contributed by atoms with Gasteiger partial charge in [-0.3, -0.25) is 10.1 Å². The third kappa shape index (κ3) is 3.84. The predicted octanol–water partition coefficient (Wildman–Crippen LogP) is 2.41. The zero-order valence-corrected chi connectivity index (χ0v) is 11.7. The van der Waals surface area contributed by atoms with Crippen LogP contribution in [0.5, 0.6) is 5.75 Å². The average molecular weight is 279 g/mol. The molecule has 1 aromatic rings. The van der Waals surface area contributed by atoms with Crippen LogP contribution in [0, 0.1) is 16.0 Å². The van der Waals surface area contributed by atoms with Gasteiger partial charge >= 0.3 is 5.69 Å². The second-order valence-electron chi connectivity index (χ2n) is 4.97. The second-order valence-corrected chi connectivity index (χ2v) is 4.97. The maximum Gasteiger partial charge on any atom is 0.311 e. The largest absolute Gasteiger partial charge is 0.487 e. The highest BCUT2D eigenvalue weighted by Gasteiger charge is 2.16. The van der Waals surface area contributed by atoms with Crippen molar-refractivity contribution in [3.05, 3.63) is 28.3 Å². The van der Waals surface area contributed by atoms with Gasteiger partial charge in [0.1, 0.15) is 0 Å². The molecule has 1 aliphatic rings. The van der Waals surface area contributed by atoms with E-state index in [0.29, 0.717) is 18.3 Å². The highest BCUT2D eigenvalue weighted by atomic mass is 16.6. The van der Waals surface area contributed by atoms with Crippen LogP contribution in [-0.4, -0.2) is 31.2 Å². The number of nitrogens with zero attached hydrogens (tertiary/aromatic N) is 1. The van der Waals surface area contributed by atoms with E-state index in [1.165, 1.54) is 18.9 Å². The Labute approximate surface area is 118 Å². The van der Waals surface area contributed by atoms with Crippen LogP contribution < -0.4 is 15.4 Å². The summed E-state index contributed by atoms with van der Waals surface area (Å²) in [6.45, 7) is 5.23. The number of ether oxygens (including phenoxy) is 1. The summed E-state index contributed by atoms with van der Waals surface area (Å²) in [5.41, 5.74) is 0.876. The lowest BCUT2D eigenvalue weighted by atomic mass is 10.00. The molecule has 0 aliphatic carbocycles. The quantitative estimate of drug-likeness (QED) is 0.617. The average Bonchev–Trinajstić information content (AvgIpc) is 2.46. The molecule has 0 radical (unpaired) electrons. The van der Waals surface area contributed by atoms with Crippen LogP contribution in [0.4, 0.5) is 11.4 Å². The Kier molecular flexibility index (Phi) is 5.17. The van der Waals surface area contributed by atoms with Gasteiger partial charge in [-0.1, -0.05) is 0 Å². The SMILES string of the molecule is CCOc1cc(NCC2CCCNC2)ccc1[N+](=O)[O-]. The molecule has 1 atom stereocenters.